The Bertz CT molecular complexity index is 1010. The van der Waals surface area contributed by atoms with Crippen LogP contribution in [0, 0.1) is 13.8 Å². The van der Waals surface area contributed by atoms with Crippen molar-refractivity contribution in [2.75, 3.05) is 24.1 Å². The fraction of sp³-hybridized carbons (Fsp3) is 0.421. The molecule has 0 aromatic carbocycles. The normalized spacial score (nSPS) is 15.9. The molecule has 0 spiro atoms. The van der Waals surface area contributed by atoms with Gasteiger partial charge in [-0.15, -0.1) is 23.1 Å². The molecule has 0 aliphatic carbocycles. The number of hydrogen-bond donors (Lipinski definition) is 2. The summed E-state index contributed by atoms with van der Waals surface area (Å²) in [4.78, 5) is 59.2. The lowest BCUT2D eigenvalue weighted by atomic mass is 10.1. The van der Waals surface area contributed by atoms with E-state index in [1.165, 1.54) is 42.0 Å². The maximum absolute atomic E-state index is 13.0. The van der Waals surface area contributed by atoms with Crippen molar-refractivity contribution in [1.82, 2.24) is 14.9 Å². The molecule has 160 valence electrons. The fourth-order valence-corrected chi connectivity index (χ4v) is 5.13. The maximum Gasteiger partial charge on any atom is 0.339 e. The number of amides is 2. The highest BCUT2D eigenvalue weighted by Crippen LogP contribution is 2.26. The first-order chi connectivity index (χ1) is 14.2. The monoisotopic (exact) mass is 450 g/mol. The van der Waals surface area contributed by atoms with Crippen molar-refractivity contribution in [3.05, 3.63) is 33.6 Å². The number of aromatic amines is 1. The molecule has 2 aromatic heterocycles. The minimum atomic E-state index is -0.642. The highest BCUT2D eigenvalue weighted by molar-refractivity contribution is 7.99. The number of thiazole rings is 1. The van der Waals surface area contributed by atoms with Gasteiger partial charge >= 0.3 is 5.97 Å². The highest BCUT2D eigenvalue weighted by Gasteiger charge is 2.36. The third-order valence-corrected chi connectivity index (χ3v) is 6.59. The average Bonchev–Trinajstić information content (AvgIpc) is 3.40. The van der Waals surface area contributed by atoms with Gasteiger partial charge in [-0.25, -0.2) is 9.78 Å². The summed E-state index contributed by atoms with van der Waals surface area (Å²) >= 11 is 2.83. The molecule has 1 aliphatic rings. The lowest BCUT2D eigenvalue weighted by Crippen LogP contribution is -2.45. The molecule has 1 unspecified atom stereocenters. The van der Waals surface area contributed by atoms with Crippen LogP contribution in [-0.4, -0.2) is 63.2 Å². The van der Waals surface area contributed by atoms with Crippen molar-refractivity contribution in [3.63, 3.8) is 0 Å². The Hall–Kier alpha value is -2.66. The van der Waals surface area contributed by atoms with Crippen molar-refractivity contribution in [2.45, 2.75) is 33.2 Å². The Labute approximate surface area is 181 Å². The molecule has 2 amide bonds. The number of hydrogen-bond acceptors (Lipinski definition) is 8. The van der Waals surface area contributed by atoms with Crippen LogP contribution in [0.4, 0.5) is 5.13 Å². The number of carbonyl (C=O) groups excluding carboxylic acids is 4. The Morgan fingerprint density at radius 1 is 1.33 bits per heavy atom. The van der Waals surface area contributed by atoms with Gasteiger partial charge in [-0.2, -0.15) is 0 Å². The SMILES string of the molecule is COC(=O)c1c(CC(=O)N2CSCC2C(=O)Nc2ncc(C)s2)[nH]c(C(C)=O)c1C. The summed E-state index contributed by atoms with van der Waals surface area (Å²) in [5, 5.41) is 3.24. The van der Waals surface area contributed by atoms with E-state index in [9.17, 15) is 19.2 Å². The van der Waals surface area contributed by atoms with E-state index in [0.29, 0.717) is 28.0 Å². The zero-order valence-corrected chi connectivity index (χ0v) is 18.7. The number of ketones is 1. The average molecular weight is 451 g/mol. The van der Waals surface area contributed by atoms with Crippen LogP contribution in [-0.2, 0) is 20.7 Å². The number of esters is 1. The Morgan fingerprint density at radius 3 is 2.67 bits per heavy atom. The zero-order valence-electron chi connectivity index (χ0n) is 17.0. The second kappa shape index (κ2) is 9.00. The van der Waals surface area contributed by atoms with Gasteiger partial charge in [-0.3, -0.25) is 14.4 Å². The van der Waals surface area contributed by atoms with Gasteiger partial charge in [0.25, 0.3) is 0 Å². The Balaban J connectivity index is 1.79. The van der Waals surface area contributed by atoms with Gasteiger partial charge in [0.05, 0.1) is 30.7 Å². The van der Waals surface area contributed by atoms with Crippen molar-refractivity contribution >= 4 is 51.8 Å². The molecule has 2 N–H and O–H groups in total. The molecule has 1 aliphatic heterocycles. The number of aromatic nitrogens is 2. The standard InChI is InChI=1S/C19H22N4O5S2/c1-9-6-20-19(30-9)22-17(26)13-7-29-8-23(13)14(25)5-12-15(18(27)28-4)10(2)16(21-12)11(3)24/h6,13,21H,5,7-8H2,1-4H3,(H,20,22,26). The van der Waals surface area contributed by atoms with Gasteiger partial charge in [-0.05, 0) is 19.4 Å². The van der Waals surface area contributed by atoms with Crippen LogP contribution in [0.15, 0.2) is 6.20 Å². The number of Topliss-reactive ketones (excluding diaryl/α,β-unsaturated/α-hetero) is 1. The van der Waals surface area contributed by atoms with E-state index < -0.39 is 12.0 Å². The van der Waals surface area contributed by atoms with E-state index >= 15 is 0 Å². The first-order valence-electron chi connectivity index (χ1n) is 9.14. The van der Waals surface area contributed by atoms with Crippen LogP contribution in [0.3, 0.4) is 0 Å². The number of aryl methyl sites for hydroxylation is 1. The number of methoxy groups -OCH3 is 1. The van der Waals surface area contributed by atoms with Crippen LogP contribution >= 0.6 is 23.1 Å². The highest BCUT2D eigenvalue weighted by atomic mass is 32.2. The van der Waals surface area contributed by atoms with Crippen LogP contribution in [0.5, 0.6) is 0 Å². The molecule has 3 rings (SSSR count). The molecule has 0 radical (unpaired) electrons. The summed E-state index contributed by atoms with van der Waals surface area (Å²) in [7, 11) is 1.24. The minimum Gasteiger partial charge on any atom is -0.465 e. The number of H-pyrrole nitrogens is 1. The predicted molar refractivity (Wildman–Crippen MR) is 114 cm³/mol. The van der Waals surface area contributed by atoms with Gasteiger partial charge in [0.15, 0.2) is 10.9 Å². The second-order valence-corrected chi connectivity index (χ2v) is 9.08. The molecule has 1 atom stereocenters. The third kappa shape index (κ3) is 4.41. The molecule has 3 heterocycles. The summed E-state index contributed by atoms with van der Waals surface area (Å²) < 4.78 is 4.82. The number of thioether (sulfide) groups is 1. The first-order valence-corrected chi connectivity index (χ1v) is 11.1. The van der Waals surface area contributed by atoms with Crippen molar-refractivity contribution < 1.29 is 23.9 Å². The molecule has 1 saturated heterocycles. The van der Waals surface area contributed by atoms with Crippen molar-refractivity contribution in [3.8, 4) is 0 Å². The molecule has 0 saturated carbocycles. The quantitative estimate of drug-likeness (QED) is 0.511. The van der Waals surface area contributed by atoms with Gasteiger partial charge in [0, 0.05) is 29.4 Å². The minimum absolute atomic E-state index is 0.154. The van der Waals surface area contributed by atoms with Gasteiger partial charge < -0.3 is 19.9 Å². The van der Waals surface area contributed by atoms with E-state index in [4.69, 9.17) is 4.74 Å². The van der Waals surface area contributed by atoms with Crippen LogP contribution in [0.25, 0.3) is 0 Å². The molecule has 9 nitrogen and oxygen atoms in total. The number of rotatable bonds is 6. The fourth-order valence-electron chi connectivity index (χ4n) is 3.28. The summed E-state index contributed by atoms with van der Waals surface area (Å²) in [6.45, 7) is 4.90. The summed E-state index contributed by atoms with van der Waals surface area (Å²) in [5.74, 6) is -0.665. The summed E-state index contributed by atoms with van der Waals surface area (Å²) in [6, 6.07) is -0.642. The number of nitrogens with zero attached hydrogens (tertiary/aromatic N) is 2. The second-order valence-electron chi connectivity index (χ2n) is 6.85. The number of carbonyl (C=O) groups is 4. The van der Waals surface area contributed by atoms with Gasteiger partial charge in [0.1, 0.15) is 6.04 Å². The van der Waals surface area contributed by atoms with E-state index in [1.807, 2.05) is 6.92 Å². The largest absolute Gasteiger partial charge is 0.465 e. The summed E-state index contributed by atoms with van der Waals surface area (Å²) in [6.07, 6.45) is 1.51. The molecular weight excluding hydrogens is 428 g/mol. The van der Waals surface area contributed by atoms with E-state index in [2.05, 4.69) is 15.3 Å². The predicted octanol–water partition coefficient (Wildman–Crippen LogP) is 2.16. The molecule has 2 aromatic rings. The molecule has 30 heavy (non-hydrogen) atoms. The molecular formula is C19H22N4O5S2. The lowest BCUT2D eigenvalue weighted by Gasteiger charge is -2.22. The smallest absolute Gasteiger partial charge is 0.339 e. The van der Waals surface area contributed by atoms with E-state index in [1.54, 1.807) is 13.1 Å². The molecule has 1 fully saturated rings. The van der Waals surface area contributed by atoms with E-state index in [0.717, 1.165) is 4.88 Å². The van der Waals surface area contributed by atoms with E-state index in [-0.39, 0.29) is 35.3 Å². The molecule has 11 heteroatoms. The summed E-state index contributed by atoms with van der Waals surface area (Å²) in [5.41, 5.74) is 1.20. The Morgan fingerprint density at radius 2 is 2.07 bits per heavy atom. The first kappa shape index (κ1) is 22.0. The maximum atomic E-state index is 13.0. The number of ether oxygens (including phenoxy) is 1. The van der Waals surface area contributed by atoms with Crippen LogP contribution in [0.2, 0.25) is 0 Å². The Kier molecular flexibility index (Phi) is 6.61. The molecule has 0 bridgehead atoms. The number of nitrogens with one attached hydrogen (secondary N) is 2. The lowest BCUT2D eigenvalue weighted by molar-refractivity contribution is -0.135. The zero-order chi connectivity index (χ0) is 22.0. The number of anilines is 1. The topological polar surface area (TPSA) is 121 Å². The van der Waals surface area contributed by atoms with Crippen LogP contribution < -0.4 is 5.32 Å². The van der Waals surface area contributed by atoms with Gasteiger partial charge in [-0.1, -0.05) is 0 Å². The van der Waals surface area contributed by atoms with Gasteiger partial charge in [0.2, 0.25) is 11.8 Å². The van der Waals surface area contributed by atoms with Crippen LogP contribution in [0.1, 0.15) is 43.9 Å². The van der Waals surface area contributed by atoms with Crippen molar-refractivity contribution in [1.29, 1.82) is 0 Å². The third-order valence-electron chi connectivity index (χ3n) is 4.75. The van der Waals surface area contributed by atoms with Crippen molar-refractivity contribution in [2.24, 2.45) is 0 Å².